The van der Waals surface area contributed by atoms with E-state index in [0.717, 1.165) is 17.5 Å². The third-order valence-corrected chi connectivity index (χ3v) is 6.00. The number of thioether (sulfide) groups is 2. The zero-order chi connectivity index (χ0) is 12.8. The third-order valence-electron chi connectivity index (χ3n) is 3.15. The molecule has 2 unspecified atom stereocenters. The van der Waals surface area contributed by atoms with Gasteiger partial charge in [0.1, 0.15) is 5.75 Å². The van der Waals surface area contributed by atoms with Gasteiger partial charge in [0.25, 0.3) is 0 Å². The standard InChI is InChI=1S/C14H21NOS2/c1-11(12-3-5-13(16-2)6-4-12)15-9-14-10-17-7-8-18-14/h3-6,11,14-15H,7-10H2,1-2H3. The molecule has 1 N–H and O–H groups in total. The van der Waals surface area contributed by atoms with Gasteiger partial charge in [-0.3, -0.25) is 0 Å². The van der Waals surface area contributed by atoms with E-state index in [2.05, 4.69) is 47.9 Å². The van der Waals surface area contributed by atoms with Crippen LogP contribution in [-0.4, -0.2) is 36.2 Å². The Bertz CT molecular complexity index is 349. The van der Waals surface area contributed by atoms with Crippen molar-refractivity contribution in [1.82, 2.24) is 5.32 Å². The van der Waals surface area contributed by atoms with E-state index in [1.54, 1.807) is 7.11 Å². The van der Waals surface area contributed by atoms with Gasteiger partial charge in [-0.25, -0.2) is 0 Å². The van der Waals surface area contributed by atoms with Crippen LogP contribution in [0.2, 0.25) is 0 Å². The van der Waals surface area contributed by atoms with Crippen LogP contribution in [0, 0.1) is 0 Å². The van der Waals surface area contributed by atoms with E-state index in [-0.39, 0.29) is 0 Å². The average Bonchev–Trinajstić information content (AvgIpc) is 2.46. The zero-order valence-corrected chi connectivity index (χ0v) is 12.7. The minimum absolute atomic E-state index is 0.406. The van der Waals surface area contributed by atoms with Crippen LogP contribution >= 0.6 is 23.5 Å². The van der Waals surface area contributed by atoms with Gasteiger partial charge in [0.15, 0.2) is 0 Å². The second kappa shape index (κ2) is 7.31. The fourth-order valence-corrected chi connectivity index (χ4v) is 4.60. The summed E-state index contributed by atoms with van der Waals surface area (Å²) < 4.78 is 5.18. The molecule has 2 nitrogen and oxygen atoms in total. The van der Waals surface area contributed by atoms with E-state index < -0.39 is 0 Å². The molecule has 1 fully saturated rings. The van der Waals surface area contributed by atoms with Crippen LogP contribution in [0.15, 0.2) is 24.3 Å². The summed E-state index contributed by atoms with van der Waals surface area (Å²) in [4.78, 5) is 0. The van der Waals surface area contributed by atoms with Crippen LogP contribution in [0.5, 0.6) is 5.75 Å². The molecule has 2 atom stereocenters. The number of methoxy groups -OCH3 is 1. The van der Waals surface area contributed by atoms with Crippen LogP contribution in [-0.2, 0) is 0 Å². The molecule has 1 aliphatic rings. The summed E-state index contributed by atoms with van der Waals surface area (Å²) >= 11 is 4.18. The number of benzene rings is 1. The van der Waals surface area contributed by atoms with Crippen molar-refractivity contribution in [3.05, 3.63) is 29.8 Å². The lowest BCUT2D eigenvalue weighted by atomic mass is 10.1. The number of hydrogen-bond donors (Lipinski definition) is 1. The molecular formula is C14H21NOS2. The lowest BCUT2D eigenvalue weighted by Gasteiger charge is -2.23. The van der Waals surface area contributed by atoms with E-state index in [0.29, 0.717) is 6.04 Å². The highest BCUT2D eigenvalue weighted by Crippen LogP contribution is 2.24. The van der Waals surface area contributed by atoms with Crippen LogP contribution in [0.4, 0.5) is 0 Å². The summed E-state index contributed by atoms with van der Waals surface area (Å²) in [7, 11) is 1.70. The Labute approximate surface area is 118 Å². The smallest absolute Gasteiger partial charge is 0.118 e. The normalized spacial score (nSPS) is 21.6. The molecule has 1 heterocycles. The second-order valence-electron chi connectivity index (χ2n) is 4.47. The van der Waals surface area contributed by atoms with Crippen molar-refractivity contribution >= 4 is 23.5 Å². The topological polar surface area (TPSA) is 21.3 Å². The minimum Gasteiger partial charge on any atom is -0.497 e. The lowest BCUT2D eigenvalue weighted by molar-refractivity contribution is 0.414. The Kier molecular flexibility index (Phi) is 5.73. The summed E-state index contributed by atoms with van der Waals surface area (Å²) in [6.45, 7) is 3.33. The Morgan fingerprint density at radius 3 is 2.72 bits per heavy atom. The minimum atomic E-state index is 0.406. The van der Waals surface area contributed by atoms with Crippen molar-refractivity contribution in [3.8, 4) is 5.75 Å². The molecule has 1 aliphatic heterocycles. The van der Waals surface area contributed by atoms with Crippen molar-refractivity contribution < 1.29 is 4.74 Å². The predicted molar refractivity (Wildman–Crippen MR) is 83.0 cm³/mol. The average molecular weight is 283 g/mol. The molecule has 4 heteroatoms. The predicted octanol–water partition coefficient (Wildman–Crippen LogP) is 3.19. The molecule has 1 aromatic rings. The van der Waals surface area contributed by atoms with E-state index >= 15 is 0 Å². The second-order valence-corrected chi connectivity index (χ2v) is 7.03. The number of rotatable bonds is 5. The maximum atomic E-state index is 5.18. The van der Waals surface area contributed by atoms with Crippen molar-refractivity contribution in [1.29, 1.82) is 0 Å². The van der Waals surface area contributed by atoms with Crippen molar-refractivity contribution in [3.63, 3.8) is 0 Å². The quantitative estimate of drug-likeness (QED) is 0.895. The Balaban J connectivity index is 1.80. The van der Waals surface area contributed by atoms with Gasteiger partial charge in [-0.05, 0) is 24.6 Å². The van der Waals surface area contributed by atoms with E-state index in [1.165, 1.54) is 22.8 Å². The Hall–Kier alpha value is -0.320. The molecule has 2 rings (SSSR count). The van der Waals surface area contributed by atoms with Gasteiger partial charge in [-0.15, -0.1) is 0 Å². The first-order chi connectivity index (χ1) is 8.79. The highest BCUT2D eigenvalue weighted by atomic mass is 32.2. The summed E-state index contributed by atoms with van der Waals surface area (Å²) in [5, 5.41) is 4.40. The number of nitrogens with one attached hydrogen (secondary N) is 1. The van der Waals surface area contributed by atoms with Crippen molar-refractivity contribution in [2.75, 3.05) is 30.9 Å². The van der Waals surface area contributed by atoms with Gasteiger partial charge in [0.2, 0.25) is 0 Å². The molecule has 0 amide bonds. The lowest BCUT2D eigenvalue weighted by Crippen LogP contribution is -2.30. The molecular weight excluding hydrogens is 262 g/mol. The van der Waals surface area contributed by atoms with Gasteiger partial charge < -0.3 is 10.1 Å². The largest absolute Gasteiger partial charge is 0.497 e. The molecule has 0 bridgehead atoms. The van der Waals surface area contributed by atoms with Gasteiger partial charge in [-0.1, -0.05) is 12.1 Å². The highest BCUT2D eigenvalue weighted by Gasteiger charge is 2.15. The summed E-state index contributed by atoms with van der Waals surface area (Å²) in [6, 6.07) is 8.74. The van der Waals surface area contributed by atoms with Crippen molar-refractivity contribution in [2.24, 2.45) is 0 Å². The Morgan fingerprint density at radius 2 is 2.11 bits per heavy atom. The first-order valence-electron chi connectivity index (χ1n) is 6.36. The molecule has 100 valence electrons. The van der Waals surface area contributed by atoms with Gasteiger partial charge in [0, 0.05) is 35.1 Å². The molecule has 0 aromatic heterocycles. The van der Waals surface area contributed by atoms with Crippen LogP contribution in [0.25, 0.3) is 0 Å². The molecule has 0 radical (unpaired) electrons. The van der Waals surface area contributed by atoms with Crippen LogP contribution in [0.1, 0.15) is 18.5 Å². The maximum Gasteiger partial charge on any atom is 0.118 e. The van der Waals surface area contributed by atoms with Gasteiger partial charge in [-0.2, -0.15) is 23.5 Å². The van der Waals surface area contributed by atoms with Crippen LogP contribution in [0.3, 0.4) is 0 Å². The van der Waals surface area contributed by atoms with E-state index in [1.807, 2.05) is 12.1 Å². The SMILES string of the molecule is COc1ccc(C(C)NCC2CSCCS2)cc1. The zero-order valence-electron chi connectivity index (χ0n) is 11.0. The number of ether oxygens (including phenoxy) is 1. The first kappa shape index (κ1) is 14.1. The molecule has 0 aliphatic carbocycles. The number of hydrogen-bond acceptors (Lipinski definition) is 4. The Morgan fingerprint density at radius 1 is 1.33 bits per heavy atom. The summed E-state index contributed by atoms with van der Waals surface area (Å²) in [5.74, 6) is 4.82. The monoisotopic (exact) mass is 283 g/mol. The van der Waals surface area contributed by atoms with Gasteiger partial charge >= 0.3 is 0 Å². The molecule has 18 heavy (non-hydrogen) atoms. The van der Waals surface area contributed by atoms with Crippen LogP contribution < -0.4 is 10.1 Å². The molecule has 0 saturated carbocycles. The maximum absolute atomic E-state index is 5.18. The molecule has 0 spiro atoms. The van der Waals surface area contributed by atoms with E-state index in [9.17, 15) is 0 Å². The van der Waals surface area contributed by atoms with Gasteiger partial charge in [0.05, 0.1) is 7.11 Å². The van der Waals surface area contributed by atoms with Crippen molar-refractivity contribution in [2.45, 2.75) is 18.2 Å². The molecule has 1 aromatic carbocycles. The first-order valence-corrected chi connectivity index (χ1v) is 8.56. The molecule has 1 saturated heterocycles. The fourth-order valence-electron chi connectivity index (χ4n) is 1.97. The fraction of sp³-hybridized carbons (Fsp3) is 0.571. The third kappa shape index (κ3) is 4.11. The summed E-state index contributed by atoms with van der Waals surface area (Å²) in [6.07, 6.45) is 0. The van der Waals surface area contributed by atoms with E-state index in [4.69, 9.17) is 4.74 Å². The highest BCUT2D eigenvalue weighted by molar-refractivity contribution is 8.06. The summed E-state index contributed by atoms with van der Waals surface area (Å²) in [5.41, 5.74) is 1.32.